The normalized spacial score (nSPS) is 24.3. The van der Waals surface area contributed by atoms with Gasteiger partial charge in [-0.1, -0.05) is 0 Å². The molecule has 6 nitrogen and oxygen atoms in total. The van der Waals surface area contributed by atoms with Gasteiger partial charge in [-0.15, -0.1) is 0 Å². The second-order valence-corrected chi connectivity index (χ2v) is 5.27. The summed E-state index contributed by atoms with van der Waals surface area (Å²) in [6.07, 6.45) is 2.58. The van der Waals surface area contributed by atoms with Crippen molar-refractivity contribution in [3.05, 3.63) is 0 Å². The van der Waals surface area contributed by atoms with Crippen molar-refractivity contribution in [3.8, 4) is 0 Å². The van der Waals surface area contributed by atoms with Crippen LogP contribution in [0.2, 0.25) is 0 Å². The molecule has 0 aliphatic carbocycles. The van der Waals surface area contributed by atoms with Gasteiger partial charge in [0.25, 0.3) is 0 Å². The fraction of sp³-hybridized carbons (Fsp3) is 0.769. The molecule has 106 valence electrons. The average Bonchev–Trinajstić information content (AvgIpc) is 2.46. The van der Waals surface area contributed by atoms with Crippen molar-refractivity contribution in [3.63, 3.8) is 0 Å². The van der Waals surface area contributed by atoms with E-state index in [1.54, 1.807) is 16.7 Å². The first-order chi connectivity index (χ1) is 9.11. The molecule has 0 aromatic carbocycles. The summed E-state index contributed by atoms with van der Waals surface area (Å²) in [5.41, 5.74) is 0. The molecule has 3 amide bonds. The van der Waals surface area contributed by atoms with Gasteiger partial charge >= 0.3 is 0 Å². The Bertz CT molecular complexity index is 364. The van der Waals surface area contributed by atoms with E-state index in [0.29, 0.717) is 32.7 Å². The van der Waals surface area contributed by atoms with Crippen LogP contribution in [-0.2, 0) is 14.4 Å². The number of carbonyl (C=O) groups is 3. The highest BCUT2D eigenvalue weighted by Gasteiger charge is 2.31. The van der Waals surface area contributed by atoms with E-state index in [0.717, 1.165) is 25.8 Å². The Labute approximate surface area is 113 Å². The zero-order chi connectivity index (χ0) is 13.8. The summed E-state index contributed by atoms with van der Waals surface area (Å²) in [5.74, 6) is 0.111. The largest absolute Gasteiger partial charge is 0.342 e. The second kappa shape index (κ2) is 6.04. The van der Waals surface area contributed by atoms with Crippen LogP contribution in [0.25, 0.3) is 0 Å². The number of hydrogen-bond acceptors (Lipinski definition) is 3. The lowest BCUT2D eigenvalue weighted by Gasteiger charge is -2.37. The number of rotatable bonds is 2. The summed E-state index contributed by atoms with van der Waals surface area (Å²) in [4.78, 5) is 39.7. The predicted molar refractivity (Wildman–Crippen MR) is 69.2 cm³/mol. The number of carbonyl (C=O) groups excluding carboxylic acids is 3. The zero-order valence-electron chi connectivity index (χ0n) is 11.4. The van der Waals surface area contributed by atoms with Gasteiger partial charge in [0.1, 0.15) is 0 Å². The number of nitrogens with zero attached hydrogens (tertiary/aromatic N) is 3. The Morgan fingerprint density at radius 2 is 1.74 bits per heavy atom. The van der Waals surface area contributed by atoms with Crippen molar-refractivity contribution in [2.45, 2.75) is 19.8 Å². The molecule has 0 aromatic heterocycles. The Morgan fingerprint density at radius 1 is 1.05 bits per heavy atom. The van der Waals surface area contributed by atoms with E-state index in [1.807, 2.05) is 4.90 Å². The van der Waals surface area contributed by atoms with Crippen LogP contribution in [0.4, 0.5) is 0 Å². The lowest BCUT2D eigenvalue weighted by molar-refractivity contribution is -0.142. The quantitative estimate of drug-likeness (QED) is 0.636. The van der Waals surface area contributed by atoms with Gasteiger partial charge in [0.2, 0.25) is 18.2 Å². The molecule has 2 heterocycles. The lowest BCUT2D eigenvalue weighted by atomic mass is 9.96. The van der Waals surface area contributed by atoms with Gasteiger partial charge in [0.05, 0.1) is 5.92 Å². The minimum Gasteiger partial charge on any atom is -0.342 e. The fourth-order valence-electron chi connectivity index (χ4n) is 2.77. The predicted octanol–water partition coefficient (Wildman–Crippen LogP) is -0.454. The molecule has 6 heteroatoms. The Hall–Kier alpha value is -1.59. The third-order valence-corrected chi connectivity index (χ3v) is 3.99. The van der Waals surface area contributed by atoms with E-state index < -0.39 is 0 Å². The Balaban J connectivity index is 1.89. The van der Waals surface area contributed by atoms with E-state index in [4.69, 9.17) is 0 Å². The first-order valence-corrected chi connectivity index (χ1v) is 6.85. The van der Waals surface area contributed by atoms with Crippen LogP contribution in [0.1, 0.15) is 19.8 Å². The number of amides is 3. The van der Waals surface area contributed by atoms with Crippen molar-refractivity contribution >= 4 is 18.2 Å². The molecule has 1 atom stereocenters. The van der Waals surface area contributed by atoms with Crippen LogP contribution < -0.4 is 0 Å². The van der Waals surface area contributed by atoms with Crippen LogP contribution in [0.5, 0.6) is 0 Å². The average molecular weight is 267 g/mol. The van der Waals surface area contributed by atoms with Crippen LogP contribution >= 0.6 is 0 Å². The van der Waals surface area contributed by atoms with Gasteiger partial charge in [-0.25, -0.2) is 0 Å². The SMILES string of the molecule is CC(=O)N1CCCC(C(=O)N2CCN(C=O)CC2)C1. The first-order valence-electron chi connectivity index (χ1n) is 6.85. The van der Waals surface area contributed by atoms with Gasteiger partial charge in [-0.2, -0.15) is 0 Å². The first kappa shape index (κ1) is 13.8. The summed E-state index contributed by atoms with van der Waals surface area (Å²) >= 11 is 0. The Morgan fingerprint density at radius 3 is 2.32 bits per heavy atom. The molecular formula is C13H21N3O3. The third kappa shape index (κ3) is 3.24. The topological polar surface area (TPSA) is 60.9 Å². The molecule has 2 rings (SSSR count). The van der Waals surface area contributed by atoms with Gasteiger partial charge in [-0.05, 0) is 12.8 Å². The maximum absolute atomic E-state index is 12.4. The molecule has 0 saturated carbocycles. The monoisotopic (exact) mass is 267 g/mol. The summed E-state index contributed by atoms with van der Waals surface area (Å²) in [5, 5.41) is 0. The third-order valence-electron chi connectivity index (χ3n) is 3.99. The maximum Gasteiger partial charge on any atom is 0.227 e. The van der Waals surface area contributed by atoms with Crippen LogP contribution in [-0.4, -0.2) is 72.2 Å². The summed E-state index contributed by atoms with van der Waals surface area (Å²) in [6, 6.07) is 0. The molecule has 0 bridgehead atoms. The zero-order valence-corrected chi connectivity index (χ0v) is 11.4. The van der Waals surface area contributed by atoms with Crippen LogP contribution in [0, 0.1) is 5.92 Å². The Kier molecular flexibility index (Phi) is 4.39. The maximum atomic E-state index is 12.4. The molecule has 0 N–H and O–H groups in total. The number of piperidine rings is 1. The van der Waals surface area contributed by atoms with Crippen molar-refractivity contribution in [2.24, 2.45) is 5.92 Å². The van der Waals surface area contributed by atoms with E-state index in [9.17, 15) is 14.4 Å². The van der Waals surface area contributed by atoms with Crippen molar-refractivity contribution in [2.75, 3.05) is 39.3 Å². The summed E-state index contributed by atoms with van der Waals surface area (Å²) in [6.45, 7) is 5.29. The fourth-order valence-corrected chi connectivity index (χ4v) is 2.77. The molecule has 2 aliphatic heterocycles. The summed E-state index contributed by atoms with van der Waals surface area (Å²) < 4.78 is 0. The van der Waals surface area contributed by atoms with E-state index in [1.165, 1.54) is 0 Å². The van der Waals surface area contributed by atoms with Gasteiger partial charge in [-0.3, -0.25) is 14.4 Å². The summed E-state index contributed by atoms with van der Waals surface area (Å²) in [7, 11) is 0. The highest BCUT2D eigenvalue weighted by atomic mass is 16.2. The molecule has 2 fully saturated rings. The van der Waals surface area contributed by atoms with E-state index in [2.05, 4.69) is 0 Å². The second-order valence-electron chi connectivity index (χ2n) is 5.27. The molecule has 0 radical (unpaired) electrons. The molecule has 2 aliphatic rings. The highest BCUT2D eigenvalue weighted by molar-refractivity contribution is 5.81. The lowest BCUT2D eigenvalue weighted by Crippen LogP contribution is -2.52. The van der Waals surface area contributed by atoms with Crippen molar-refractivity contribution in [1.29, 1.82) is 0 Å². The molecule has 1 unspecified atom stereocenters. The van der Waals surface area contributed by atoms with Gasteiger partial charge < -0.3 is 14.7 Å². The molecular weight excluding hydrogens is 246 g/mol. The number of likely N-dealkylation sites (tertiary alicyclic amines) is 1. The number of hydrogen-bond donors (Lipinski definition) is 0. The molecule has 19 heavy (non-hydrogen) atoms. The van der Waals surface area contributed by atoms with Crippen molar-refractivity contribution < 1.29 is 14.4 Å². The van der Waals surface area contributed by atoms with Crippen LogP contribution in [0.3, 0.4) is 0 Å². The highest BCUT2D eigenvalue weighted by Crippen LogP contribution is 2.19. The van der Waals surface area contributed by atoms with Crippen molar-refractivity contribution in [1.82, 2.24) is 14.7 Å². The molecule has 2 saturated heterocycles. The smallest absolute Gasteiger partial charge is 0.227 e. The standard InChI is InChI=1S/C13H21N3O3/c1-11(18)16-4-2-3-12(9-16)13(19)15-7-5-14(10-17)6-8-15/h10,12H,2-9H2,1H3. The minimum atomic E-state index is -0.0690. The molecule has 0 spiro atoms. The van der Waals surface area contributed by atoms with Gasteiger partial charge in [0, 0.05) is 46.2 Å². The van der Waals surface area contributed by atoms with Gasteiger partial charge in [0.15, 0.2) is 0 Å². The van der Waals surface area contributed by atoms with E-state index in [-0.39, 0.29) is 17.7 Å². The minimum absolute atomic E-state index is 0.0447. The van der Waals surface area contributed by atoms with Crippen LogP contribution in [0.15, 0.2) is 0 Å². The molecule has 0 aromatic rings. The number of piperazine rings is 1. The van der Waals surface area contributed by atoms with E-state index >= 15 is 0 Å².